The molecule has 9 aromatic rings. The van der Waals surface area contributed by atoms with Gasteiger partial charge < -0.3 is 0 Å². The van der Waals surface area contributed by atoms with E-state index in [1.165, 1.54) is 50.1 Å². The molecule has 0 unspecified atom stereocenters. The molecule has 0 atom stereocenters. The standard InChI is InChI=1S/C58H42N4/c1-57(2)49-18-12-11-17-45(49)48-35-60-53(32-52(48)57)43-28-42(41-24-26-47-46-25-19-36(34-59)27-50(46)58(3,4)51(47)31-41)29-44(30-43)55-33-54(61-56(62-55)40-15-9-6-10-16-40)39-22-20-38(21-23-39)37-13-7-5-8-14-37/h5-33,35H,1-4H3. The lowest BCUT2D eigenvalue weighted by molar-refractivity contribution is 0.660. The molecule has 0 aliphatic heterocycles. The fourth-order valence-electron chi connectivity index (χ4n) is 9.75. The van der Waals surface area contributed by atoms with E-state index in [1.54, 1.807) is 0 Å². The Morgan fingerprint density at radius 1 is 0.371 bits per heavy atom. The van der Waals surface area contributed by atoms with Crippen LogP contribution < -0.4 is 0 Å². The summed E-state index contributed by atoms with van der Waals surface area (Å²) in [5.74, 6) is 0.668. The molecule has 0 saturated carbocycles. The van der Waals surface area contributed by atoms with Crippen LogP contribution in [0.1, 0.15) is 55.5 Å². The summed E-state index contributed by atoms with van der Waals surface area (Å²) in [5, 5.41) is 9.77. The lowest BCUT2D eigenvalue weighted by Gasteiger charge is -2.22. The Hall–Kier alpha value is -7.74. The third-order valence-corrected chi connectivity index (χ3v) is 13.2. The molecular weight excluding hydrogens is 753 g/mol. The number of nitriles is 1. The molecule has 0 bridgehead atoms. The average Bonchev–Trinajstić information content (AvgIpc) is 3.70. The first-order chi connectivity index (χ1) is 30.2. The molecule has 62 heavy (non-hydrogen) atoms. The number of hydrogen-bond donors (Lipinski definition) is 0. The molecule has 11 rings (SSSR count). The molecule has 2 aromatic heterocycles. The Morgan fingerprint density at radius 2 is 0.887 bits per heavy atom. The Bertz CT molecular complexity index is 3280. The summed E-state index contributed by atoms with van der Waals surface area (Å²) in [5.41, 5.74) is 21.2. The highest BCUT2D eigenvalue weighted by Crippen LogP contribution is 2.51. The summed E-state index contributed by atoms with van der Waals surface area (Å²) in [6.45, 7) is 9.15. The maximum atomic E-state index is 9.77. The second-order valence-electron chi connectivity index (χ2n) is 17.6. The van der Waals surface area contributed by atoms with Crippen LogP contribution in [-0.4, -0.2) is 15.0 Å². The van der Waals surface area contributed by atoms with Crippen molar-refractivity contribution in [3.8, 4) is 95.7 Å². The maximum Gasteiger partial charge on any atom is 0.160 e. The quantitative estimate of drug-likeness (QED) is 0.168. The third kappa shape index (κ3) is 6.08. The zero-order chi connectivity index (χ0) is 42.2. The van der Waals surface area contributed by atoms with Gasteiger partial charge in [0.1, 0.15) is 0 Å². The minimum Gasteiger partial charge on any atom is -0.256 e. The number of nitrogens with zero attached hydrogens (tertiary/aromatic N) is 4. The summed E-state index contributed by atoms with van der Waals surface area (Å²) in [6, 6.07) is 64.5. The fourth-order valence-corrected chi connectivity index (χ4v) is 9.75. The average molecular weight is 795 g/mol. The number of hydrogen-bond acceptors (Lipinski definition) is 4. The highest BCUT2D eigenvalue weighted by atomic mass is 14.9. The molecule has 0 spiro atoms. The lowest BCUT2D eigenvalue weighted by Crippen LogP contribution is -2.15. The molecule has 2 heterocycles. The van der Waals surface area contributed by atoms with Gasteiger partial charge in [-0.05, 0) is 110 Å². The van der Waals surface area contributed by atoms with E-state index in [-0.39, 0.29) is 10.8 Å². The number of benzene rings is 7. The molecule has 0 N–H and O–H groups in total. The lowest BCUT2D eigenvalue weighted by atomic mass is 9.81. The Kier molecular flexibility index (Phi) is 8.53. The van der Waals surface area contributed by atoms with Gasteiger partial charge in [0.15, 0.2) is 5.82 Å². The molecule has 0 amide bonds. The molecule has 2 aliphatic rings. The van der Waals surface area contributed by atoms with Crippen molar-refractivity contribution in [3.05, 3.63) is 210 Å². The molecular formula is C58H42N4. The van der Waals surface area contributed by atoms with Crippen molar-refractivity contribution in [2.75, 3.05) is 0 Å². The van der Waals surface area contributed by atoms with E-state index in [9.17, 15) is 5.26 Å². The second-order valence-corrected chi connectivity index (χ2v) is 17.6. The smallest absolute Gasteiger partial charge is 0.160 e. The normalized spacial score (nSPS) is 13.7. The molecule has 0 fully saturated rings. The van der Waals surface area contributed by atoms with E-state index in [2.05, 4.69) is 186 Å². The molecule has 294 valence electrons. The first-order valence-corrected chi connectivity index (χ1v) is 21.2. The number of pyridine rings is 1. The first kappa shape index (κ1) is 37.3. The third-order valence-electron chi connectivity index (χ3n) is 13.2. The molecule has 0 radical (unpaired) electrons. The van der Waals surface area contributed by atoms with E-state index in [4.69, 9.17) is 15.0 Å². The maximum absolute atomic E-state index is 9.77. The predicted octanol–water partition coefficient (Wildman–Crippen LogP) is 14.4. The van der Waals surface area contributed by atoms with Crippen LogP contribution in [0.3, 0.4) is 0 Å². The van der Waals surface area contributed by atoms with Crippen LogP contribution in [0.5, 0.6) is 0 Å². The topological polar surface area (TPSA) is 62.5 Å². The van der Waals surface area contributed by atoms with Crippen LogP contribution in [0.15, 0.2) is 182 Å². The van der Waals surface area contributed by atoms with Crippen molar-refractivity contribution < 1.29 is 0 Å². The monoisotopic (exact) mass is 794 g/mol. The summed E-state index contributed by atoms with van der Waals surface area (Å²) >= 11 is 0. The van der Waals surface area contributed by atoms with Crippen molar-refractivity contribution in [2.45, 2.75) is 38.5 Å². The highest BCUT2D eigenvalue weighted by molar-refractivity contribution is 5.88. The predicted molar refractivity (Wildman–Crippen MR) is 252 cm³/mol. The van der Waals surface area contributed by atoms with Gasteiger partial charge in [-0.3, -0.25) is 4.98 Å². The first-order valence-electron chi connectivity index (χ1n) is 21.2. The largest absolute Gasteiger partial charge is 0.256 e. The van der Waals surface area contributed by atoms with Crippen LogP contribution in [0.2, 0.25) is 0 Å². The molecule has 4 nitrogen and oxygen atoms in total. The Labute approximate surface area is 362 Å². The van der Waals surface area contributed by atoms with E-state index in [0.717, 1.165) is 56.0 Å². The van der Waals surface area contributed by atoms with Crippen LogP contribution in [0.4, 0.5) is 0 Å². The second kappa shape index (κ2) is 14.2. The molecule has 2 aliphatic carbocycles. The number of fused-ring (bicyclic) bond motifs is 6. The zero-order valence-electron chi connectivity index (χ0n) is 35.1. The fraction of sp³-hybridized carbons (Fsp3) is 0.103. The van der Waals surface area contributed by atoms with Gasteiger partial charge in [0.2, 0.25) is 0 Å². The van der Waals surface area contributed by atoms with Gasteiger partial charge in [-0.2, -0.15) is 5.26 Å². The van der Waals surface area contributed by atoms with E-state index in [0.29, 0.717) is 11.4 Å². The van der Waals surface area contributed by atoms with Gasteiger partial charge in [-0.15, -0.1) is 0 Å². The summed E-state index contributed by atoms with van der Waals surface area (Å²) in [6.07, 6.45) is 2.06. The minimum absolute atomic E-state index is 0.168. The number of aromatic nitrogens is 3. The SMILES string of the molecule is CC1(C)c2cc(C#N)ccc2-c2ccc(-c3cc(-c4cc5c(cn4)-c4ccccc4C5(C)C)cc(-c4cc(-c5ccc(-c6ccccc6)cc5)nc(-c5ccccc5)n4)c3)cc21. The summed E-state index contributed by atoms with van der Waals surface area (Å²) in [4.78, 5) is 15.7. The van der Waals surface area contributed by atoms with Gasteiger partial charge in [-0.1, -0.05) is 155 Å². The van der Waals surface area contributed by atoms with Crippen molar-refractivity contribution in [3.63, 3.8) is 0 Å². The summed E-state index contributed by atoms with van der Waals surface area (Å²) < 4.78 is 0. The van der Waals surface area contributed by atoms with E-state index in [1.807, 2.05) is 30.3 Å². The van der Waals surface area contributed by atoms with Crippen molar-refractivity contribution >= 4 is 0 Å². The van der Waals surface area contributed by atoms with Crippen LogP contribution >= 0.6 is 0 Å². The van der Waals surface area contributed by atoms with Gasteiger partial charge in [0.25, 0.3) is 0 Å². The molecule has 7 aromatic carbocycles. The van der Waals surface area contributed by atoms with Gasteiger partial charge in [0, 0.05) is 44.8 Å². The van der Waals surface area contributed by atoms with E-state index >= 15 is 0 Å². The van der Waals surface area contributed by atoms with Crippen LogP contribution in [0, 0.1) is 11.3 Å². The van der Waals surface area contributed by atoms with Gasteiger partial charge in [-0.25, -0.2) is 9.97 Å². The van der Waals surface area contributed by atoms with E-state index < -0.39 is 0 Å². The molecule has 0 saturated heterocycles. The van der Waals surface area contributed by atoms with Crippen LogP contribution in [0.25, 0.3) is 89.7 Å². The van der Waals surface area contributed by atoms with Gasteiger partial charge >= 0.3 is 0 Å². The van der Waals surface area contributed by atoms with Crippen molar-refractivity contribution in [1.29, 1.82) is 5.26 Å². The van der Waals surface area contributed by atoms with Crippen LogP contribution in [-0.2, 0) is 10.8 Å². The van der Waals surface area contributed by atoms with Gasteiger partial charge in [0.05, 0.1) is 28.7 Å². The van der Waals surface area contributed by atoms with Crippen molar-refractivity contribution in [2.24, 2.45) is 0 Å². The summed E-state index contributed by atoms with van der Waals surface area (Å²) in [7, 11) is 0. The Balaban J connectivity index is 1.10. The minimum atomic E-state index is -0.279. The zero-order valence-corrected chi connectivity index (χ0v) is 35.1. The molecule has 4 heteroatoms. The highest BCUT2D eigenvalue weighted by Gasteiger charge is 2.37. The Morgan fingerprint density at radius 3 is 1.61 bits per heavy atom. The number of rotatable bonds is 6. The van der Waals surface area contributed by atoms with Crippen molar-refractivity contribution in [1.82, 2.24) is 15.0 Å².